The molecule has 5 aliphatic carbocycles. The topological polar surface area (TPSA) is 0 Å². The molecule has 8 rings (SSSR count). The molecule has 0 heterocycles. The molecule has 0 aliphatic heterocycles. The van der Waals surface area contributed by atoms with Crippen LogP contribution in [0, 0.1) is 29.6 Å². The van der Waals surface area contributed by atoms with E-state index < -0.39 is 7.92 Å². The molecule has 41 heavy (non-hydrogen) atoms. The molecule has 214 valence electrons. The highest BCUT2D eigenvalue weighted by Gasteiger charge is 2.53. The van der Waals surface area contributed by atoms with Crippen LogP contribution in [0.25, 0.3) is 0 Å². The molecule has 5 aliphatic rings. The molecule has 0 spiro atoms. The van der Waals surface area contributed by atoms with Crippen LogP contribution in [0.2, 0.25) is 0 Å². The molecule has 0 radical (unpaired) electrons. The van der Waals surface area contributed by atoms with Crippen LogP contribution in [-0.2, 0) is 0 Å². The van der Waals surface area contributed by atoms with Gasteiger partial charge < -0.3 is 0 Å². The number of hydrogen-bond acceptors (Lipinski definition) is 0. The molecule has 0 nitrogen and oxygen atoms in total. The second-order valence-corrected chi connectivity index (χ2v) is 19.7. The third-order valence-corrected chi connectivity index (χ3v) is 19.1. The fourth-order valence-electron chi connectivity index (χ4n) is 10.8. The van der Waals surface area contributed by atoms with Crippen LogP contribution in [0.1, 0.15) is 89.0 Å². The van der Waals surface area contributed by atoms with Gasteiger partial charge in [-0.1, -0.05) is 119 Å². The van der Waals surface area contributed by atoms with Gasteiger partial charge in [-0.05, 0) is 133 Å². The van der Waals surface area contributed by atoms with Crippen molar-refractivity contribution in [3.05, 3.63) is 90.5 Å². The Morgan fingerprint density at radius 3 is 1.68 bits per heavy atom. The summed E-state index contributed by atoms with van der Waals surface area (Å²) in [5.74, 6) is 5.96. The van der Waals surface area contributed by atoms with E-state index in [0.29, 0.717) is 0 Å². The van der Waals surface area contributed by atoms with Gasteiger partial charge in [-0.25, -0.2) is 0 Å². The first-order valence-electron chi connectivity index (χ1n) is 17.0. The van der Waals surface area contributed by atoms with E-state index in [1.165, 1.54) is 29.9 Å². The predicted molar refractivity (Wildman–Crippen MR) is 180 cm³/mol. The zero-order valence-corrected chi connectivity index (χ0v) is 26.7. The molecular weight excluding hydrogens is 530 g/mol. The van der Waals surface area contributed by atoms with Gasteiger partial charge in [0.1, 0.15) is 0 Å². The van der Waals surface area contributed by atoms with E-state index in [0.717, 1.165) is 52.5 Å². The Morgan fingerprint density at radius 1 is 0.585 bits per heavy atom. The summed E-state index contributed by atoms with van der Waals surface area (Å²) >= 11 is 0. The van der Waals surface area contributed by atoms with E-state index in [1.807, 2.05) is 0 Å². The fraction of sp³-hybridized carbons (Fsp3) is 0.538. The molecule has 0 saturated heterocycles. The standard InChI is InChI=1S/C39H48P2/c1-27(40(38-25-28-19-21-30(38)23-28)39-26-29-20-22-31(39)24-29)34-16-10-17-35(34)36-15-8-9-18-37(36)41(32-11-4-2-5-12-32)33-13-6-3-7-14-33/h2-9,11-15,18,27-31,34-35,38-39H,10,16-17,19-26H2,1H3/t27-,28-,29+,30+,31-,34?,35?,38?,39?,40?/m0/s1. The van der Waals surface area contributed by atoms with Crippen LogP contribution in [0.4, 0.5) is 0 Å². The Kier molecular flexibility index (Phi) is 7.63. The summed E-state index contributed by atoms with van der Waals surface area (Å²) in [4.78, 5) is 0. The van der Waals surface area contributed by atoms with Crippen LogP contribution in [-0.4, -0.2) is 17.0 Å². The highest BCUT2D eigenvalue weighted by molar-refractivity contribution is 7.79. The Hall–Kier alpha value is -1.48. The molecule has 2 heteroatoms. The van der Waals surface area contributed by atoms with E-state index in [-0.39, 0.29) is 7.92 Å². The Bertz CT molecular complexity index is 1250. The summed E-state index contributed by atoms with van der Waals surface area (Å²) in [5, 5.41) is 4.62. The van der Waals surface area contributed by atoms with Crippen molar-refractivity contribution in [3.8, 4) is 0 Å². The van der Waals surface area contributed by atoms with E-state index in [4.69, 9.17) is 0 Å². The molecule has 5 saturated carbocycles. The van der Waals surface area contributed by atoms with Crippen molar-refractivity contribution < 1.29 is 0 Å². The van der Waals surface area contributed by atoms with Gasteiger partial charge in [0.05, 0.1) is 0 Å². The van der Waals surface area contributed by atoms with Gasteiger partial charge in [0, 0.05) is 0 Å². The Labute approximate surface area is 251 Å². The molecule has 0 aromatic heterocycles. The van der Waals surface area contributed by atoms with Crippen molar-refractivity contribution in [3.63, 3.8) is 0 Å². The van der Waals surface area contributed by atoms with Crippen LogP contribution < -0.4 is 15.9 Å². The lowest BCUT2D eigenvalue weighted by atomic mass is 9.87. The highest BCUT2D eigenvalue weighted by atomic mass is 31.1. The van der Waals surface area contributed by atoms with Crippen molar-refractivity contribution in [2.75, 3.05) is 0 Å². The number of hydrogen-bond donors (Lipinski definition) is 0. The van der Waals surface area contributed by atoms with E-state index in [2.05, 4.69) is 91.9 Å². The lowest BCUT2D eigenvalue weighted by molar-refractivity contribution is 0.433. The molecule has 5 fully saturated rings. The Balaban J connectivity index is 1.16. The molecule has 4 bridgehead atoms. The van der Waals surface area contributed by atoms with Crippen molar-refractivity contribution in [2.45, 2.75) is 100 Å². The summed E-state index contributed by atoms with van der Waals surface area (Å²) in [7, 11) is -0.446. The number of fused-ring (bicyclic) bond motifs is 4. The fourth-order valence-corrected chi connectivity index (χ4v) is 18.4. The van der Waals surface area contributed by atoms with Crippen LogP contribution >= 0.6 is 15.8 Å². The maximum Gasteiger partial charge on any atom is -0.0116 e. The summed E-state index contributed by atoms with van der Waals surface area (Å²) in [6.07, 6.45) is 16.9. The minimum Gasteiger partial charge on any atom is -0.0965 e. The van der Waals surface area contributed by atoms with Crippen LogP contribution in [0.3, 0.4) is 0 Å². The van der Waals surface area contributed by atoms with E-state index in [9.17, 15) is 0 Å². The van der Waals surface area contributed by atoms with Crippen molar-refractivity contribution in [2.24, 2.45) is 29.6 Å². The quantitative estimate of drug-likeness (QED) is 0.234. The number of benzene rings is 3. The molecule has 5 unspecified atom stereocenters. The third-order valence-electron chi connectivity index (χ3n) is 12.4. The van der Waals surface area contributed by atoms with Crippen molar-refractivity contribution in [1.82, 2.24) is 0 Å². The summed E-state index contributed by atoms with van der Waals surface area (Å²) in [6.45, 7) is 2.80. The minimum absolute atomic E-state index is 0.111. The van der Waals surface area contributed by atoms with Gasteiger partial charge in [-0.15, -0.1) is 0 Å². The first-order chi connectivity index (χ1) is 20.2. The molecule has 0 amide bonds. The SMILES string of the molecule is C[C@@H](C1CCCC1c1ccccc1P(c1ccccc1)c1ccccc1)P(C1C[C@H]2CC[C@@H]1C2)C1C[C@@H]2CC[C@H]1C2. The zero-order valence-electron chi connectivity index (χ0n) is 25.0. The summed E-state index contributed by atoms with van der Waals surface area (Å²) < 4.78 is 0. The normalized spacial score (nSPS) is 35.4. The smallest absolute Gasteiger partial charge is 0.0116 e. The molecule has 0 N–H and O–H groups in total. The average molecular weight is 579 g/mol. The van der Waals surface area contributed by atoms with Crippen LogP contribution in [0.15, 0.2) is 84.9 Å². The highest BCUT2D eigenvalue weighted by Crippen LogP contribution is 2.71. The summed E-state index contributed by atoms with van der Waals surface area (Å²) in [5.41, 5.74) is 4.84. The van der Waals surface area contributed by atoms with Gasteiger partial charge in [0.15, 0.2) is 0 Å². The predicted octanol–water partition coefficient (Wildman–Crippen LogP) is 9.58. The van der Waals surface area contributed by atoms with Crippen molar-refractivity contribution >= 4 is 31.8 Å². The van der Waals surface area contributed by atoms with E-state index in [1.54, 1.807) is 62.2 Å². The van der Waals surface area contributed by atoms with Gasteiger partial charge >= 0.3 is 0 Å². The summed E-state index contributed by atoms with van der Waals surface area (Å²) in [6, 6.07) is 32.6. The van der Waals surface area contributed by atoms with Gasteiger partial charge in [-0.2, -0.15) is 0 Å². The largest absolute Gasteiger partial charge is 0.0965 e. The van der Waals surface area contributed by atoms with Gasteiger partial charge in [0.2, 0.25) is 0 Å². The third kappa shape index (κ3) is 4.98. The second-order valence-electron chi connectivity index (χ2n) is 14.4. The first-order valence-corrected chi connectivity index (χ1v) is 19.9. The lowest BCUT2D eigenvalue weighted by Crippen LogP contribution is -2.34. The van der Waals surface area contributed by atoms with Gasteiger partial charge in [0.25, 0.3) is 0 Å². The van der Waals surface area contributed by atoms with Crippen molar-refractivity contribution in [1.29, 1.82) is 0 Å². The molecular formula is C39H48P2. The monoisotopic (exact) mass is 578 g/mol. The molecule has 3 aromatic carbocycles. The molecule has 3 aromatic rings. The first kappa shape index (κ1) is 27.1. The maximum atomic E-state index is 2.80. The maximum absolute atomic E-state index is 2.80. The number of rotatable bonds is 8. The lowest BCUT2D eigenvalue weighted by Gasteiger charge is -2.45. The zero-order chi connectivity index (χ0) is 27.3. The average Bonchev–Trinajstić information content (AvgIpc) is 3.86. The molecule has 10 atom stereocenters. The minimum atomic E-state index is -0.557. The Morgan fingerprint density at radius 2 is 1.15 bits per heavy atom. The van der Waals surface area contributed by atoms with E-state index >= 15 is 0 Å². The van der Waals surface area contributed by atoms with Gasteiger partial charge in [-0.3, -0.25) is 0 Å². The van der Waals surface area contributed by atoms with Crippen LogP contribution in [0.5, 0.6) is 0 Å². The second kappa shape index (κ2) is 11.5.